The van der Waals surface area contributed by atoms with E-state index < -0.39 is 16.5 Å². The van der Waals surface area contributed by atoms with Gasteiger partial charge in [0.15, 0.2) is 0 Å². The van der Waals surface area contributed by atoms with Gasteiger partial charge in [-0.3, -0.25) is 20.2 Å². The van der Waals surface area contributed by atoms with Crippen LogP contribution in [0.4, 0.5) is 16.5 Å². The summed E-state index contributed by atoms with van der Waals surface area (Å²) in [4.78, 5) is 26.0. The third kappa shape index (κ3) is 2.83. The molecule has 20 heavy (non-hydrogen) atoms. The molecule has 1 amide bonds. The van der Waals surface area contributed by atoms with Crippen LogP contribution in [0, 0.1) is 17.0 Å². The monoisotopic (exact) mass is 313 g/mol. The average molecular weight is 314 g/mol. The molecular weight excluding hydrogens is 306 g/mol. The first-order valence-corrected chi connectivity index (χ1v) is 6.38. The van der Waals surface area contributed by atoms with E-state index in [-0.39, 0.29) is 16.3 Å². The van der Waals surface area contributed by atoms with Crippen molar-refractivity contribution < 1.29 is 9.72 Å². The lowest BCUT2D eigenvalue weighted by Crippen LogP contribution is -2.12. The van der Waals surface area contributed by atoms with Gasteiger partial charge in [-0.15, -0.1) is 0 Å². The molecule has 8 nitrogen and oxygen atoms in total. The molecule has 0 aliphatic heterocycles. The van der Waals surface area contributed by atoms with Crippen LogP contribution in [0.1, 0.15) is 16.2 Å². The summed E-state index contributed by atoms with van der Waals surface area (Å²) < 4.78 is 3.90. The molecule has 3 N–H and O–H groups in total. The van der Waals surface area contributed by atoms with E-state index in [9.17, 15) is 14.9 Å². The van der Waals surface area contributed by atoms with Crippen molar-refractivity contribution in [2.45, 2.75) is 6.92 Å². The second-order valence-corrected chi connectivity index (χ2v) is 4.91. The van der Waals surface area contributed by atoms with E-state index in [0.717, 1.165) is 17.6 Å². The van der Waals surface area contributed by atoms with Crippen LogP contribution in [0.3, 0.4) is 0 Å². The van der Waals surface area contributed by atoms with Crippen molar-refractivity contribution in [3.05, 3.63) is 38.7 Å². The van der Waals surface area contributed by atoms with Crippen molar-refractivity contribution in [1.29, 1.82) is 0 Å². The number of nitro groups is 1. The Bertz CT molecular complexity index is 702. The molecule has 0 atom stereocenters. The number of amides is 1. The Labute approximate surface area is 121 Å². The minimum atomic E-state index is -0.701. The highest BCUT2D eigenvalue weighted by Crippen LogP contribution is 2.31. The van der Waals surface area contributed by atoms with E-state index in [2.05, 4.69) is 14.7 Å². The van der Waals surface area contributed by atoms with Gasteiger partial charge in [0, 0.05) is 23.2 Å². The zero-order valence-corrected chi connectivity index (χ0v) is 11.7. The van der Waals surface area contributed by atoms with E-state index in [4.69, 9.17) is 17.3 Å². The van der Waals surface area contributed by atoms with E-state index in [1.54, 1.807) is 6.92 Å². The van der Waals surface area contributed by atoms with Gasteiger partial charge in [-0.2, -0.15) is 4.37 Å². The Morgan fingerprint density at radius 3 is 2.80 bits per heavy atom. The summed E-state index contributed by atoms with van der Waals surface area (Å²) in [6.45, 7) is 1.68. The first kappa shape index (κ1) is 14.2. The number of nitrogens with two attached hydrogens (primary N) is 1. The maximum absolute atomic E-state index is 12.0. The number of anilines is 2. The van der Waals surface area contributed by atoms with Crippen LogP contribution in [0.5, 0.6) is 0 Å². The number of hydrogen-bond acceptors (Lipinski definition) is 7. The lowest BCUT2D eigenvalue weighted by molar-refractivity contribution is -0.383. The van der Waals surface area contributed by atoms with Gasteiger partial charge in [-0.25, -0.2) is 4.98 Å². The number of halogens is 1. The van der Waals surface area contributed by atoms with Crippen molar-refractivity contribution in [3.8, 4) is 0 Å². The Morgan fingerprint density at radius 2 is 2.25 bits per heavy atom. The molecule has 1 heterocycles. The smallest absolute Gasteiger partial charge is 0.294 e. The molecular formula is C10H8ClN5O3S. The maximum Gasteiger partial charge on any atom is 0.294 e. The summed E-state index contributed by atoms with van der Waals surface area (Å²) in [5.74, 6) is -0.0576. The molecule has 0 fully saturated rings. The minimum Gasteiger partial charge on any atom is -0.392 e. The summed E-state index contributed by atoms with van der Waals surface area (Å²) in [5, 5.41) is 13.5. The number of nitrogen functional groups attached to an aromatic ring is 1. The molecule has 0 saturated heterocycles. The van der Waals surface area contributed by atoms with Crippen LogP contribution in [0.25, 0.3) is 0 Å². The largest absolute Gasteiger partial charge is 0.392 e. The first-order valence-electron chi connectivity index (χ1n) is 5.23. The predicted octanol–water partition coefficient (Wildman–Crippen LogP) is 2.24. The second-order valence-electron chi connectivity index (χ2n) is 3.75. The molecule has 10 heteroatoms. The Morgan fingerprint density at radius 1 is 1.55 bits per heavy atom. The lowest BCUT2D eigenvalue weighted by atomic mass is 10.1. The highest BCUT2D eigenvalue weighted by Gasteiger charge is 2.20. The van der Waals surface area contributed by atoms with Crippen LogP contribution in [-0.4, -0.2) is 20.2 Å². The number of carbonyl (C=O) groups excluding carboxylic acids is 1. The molecule has 2 aromatic rings. The fourth-order valence-corrected chi connectivity index (χ4v) is 2.19. The summed E-state index contributed by atoms with van der Waals surface area (Å²) in [7, 11) is 0. The third-order valence-corrected chi connectivity index (χ3v) is 3.35. The Balaban J connectivity index is 2.32. The molecule has 0 unspecified atom stereocenters. The fourth-order valence-electron chi connectivity index (χ4n) is 1.40. The van der Waals surface area contributed by atoms with Gasteiger partial charge in [0.05, 0.1) is 9.95 Å². The number of aromatic nitrogens is 2. The number of nitro benzene ring substituents is 1. The Kier molecular flexibility index (Phi) is 3.81. The van der Waals surface area contributed by atoms with Gasteiger partial charge in [-0.1, -0.05) is 11.6 Å². The van der Waals surface area contributed by atoms with Gasteiger partial charge < -0.3 is 5.73 Å². The van der Waals surface area contributed by atoms with Crippen LogP contribution in [0.15, 0.2) is 12.1 Å². The second kappa shape index (κ2) is 5.39. The SMILES string of the molecule is Cc1nsc(NC(=O)c2cc(Cl)c(N)c([N+](=O)[O-])c2)n1. The zero-order chi connectivity index (χ0) is 14.9. The number of nitrogens with zero attached hydrogens (tertiary/aromatic N) is 3. The predicted molar refractivity (Wildman–Crippen MR) is 75.1 cm³/mol. The minimum absolute atomic E-state index is 0.0174. The van der Waals surface area contributed by atoms with Crippen molar-refractivity contribution in [2.24, 2.45) is 0 Å². The van der Waals surface area contributed by atoms with Gasteiger partial charge in [0.1, 0.15) is 11.5 Å². The van der Waals surface area contributed by atoms with E-state index in [1.807, 2.05) is 0 Å². The number of hydrogen-bond donors (Lipinski definition) is 2. The summed E-state index contributed by atoms with van der Waals surface area (Å²) >= 11 is 6.79. The van der Waals surface area contributed by atoms with Crippen molar-refractivity contribution in [2.75, 3.05) is 11.1 Å². The van der Waals surface area contributed by atoms with Crippen LogP contribution < -0.4 is 11.1 Å². The molecule has 0 bridgehead atoms. The van der Waals surface area contributed by atoms with Crippen LogP contribution >= 0.6 is 23.1 Å². The summed E-state index contributed by atoms with van der Waals surface area (Å²) in [6, 6.07) is 2.32. The standard InChI is InChI=1S/C10H8ClN5O3S/c1-4-13-10(20-15-4)14-9(17)5-2-6(11)8(12)7(3-5)16(18)19/h2-3H,12H2,1H3,(H,13,14,15,17). The molecule has 0 radical (unpaired) electrons. The number of aryl methyl sites for hydroxylation is 1. The van der Waals surface area contributed by atoms with E-state index >= 15 is 0 Å². The number of carbonyl (C=O) groups is 1. The van der Waals surface area contributed by atoms with E-state index in [0.29, 0.717) is 11.0 Å². The molecule has 104 valence electrons. The zero-order valence-electron chi connectivity index (χ0n) is 10.1. The van der Waals surface area contributed by atoms with Gasteiger partial charge in [0.2, 0.25) is 5.13 Å². The van der Waals surface area contributed by atoms with Crippen molar-refractivity contribution in [1.82, 2.24) is 9.36 Å². The molecule has 2 rings (SSSR count). The highest BCUT2D eigenvalue weighted by atomic mass is 35.5. The molecule has 0 aliphatic rings. The van der Waals surface area contributed by atoms with Crippen LogP contribution in [0.2, 0.25) is 5.02 Å². The summed E-state index contributed by atoms with van der Waals surface area (Å²) in [5.41, 5.74) is 4.90. The molecule has 1 aromatic carbocycles. The van der Waals surface area contributed by atoms with Gasteiger partial charge in [0.25, 0.3) is 11.6 Å². The normalized spacial score (nSPS) is 10.3. The van der Waals surface area contributed by atoms with Crippen LogP contribution in [-0.2, 0) is 0 Å². The number of rotatable bonds is 3. The number of benzene rings is 1. The molecule has 0 saturated carbocycles. The van der Waals surface area contributed by atoms with Gasteiger partial charge in [-0.05, 0) is 13.0 Å². The maximum atomic E-state index is 12.0. The topological polar surface area (TPSA) is 124 Å². The van der Waals surface area contributed by atoms with Gasteiger partial charge >= 0.3 is 0 Å². The molecule has 0 spiro atoms. The highest BCUT2D eigenvalue weighted by molar-refractivity contribution is 7.09. The van der Waals surface area contributed by atoms with Crippen molar-refractivity contribution >= 4 is 45.5 Å². The average Bonchev–Trinajstić information content (AvgIpc) is 2.77. The fraction of sp³-hybridized carbons (Fsp3) is 0.100. The molecule has 0 aliphatic carbocycles. The first-order chi connectivity index (χ1) is 9.38. The lowest BCUT2D eigenvalue weighted by Gasteiger charge is -2.05. The van der Waals surface area contributed by atoms with E-state index in [1.165, 1.54) is 6.07 Å². The third-order valence-electron chi connectivity index (χ3n) is 2.31. The number of nitrogens with one attached hydrogen (secondary N) is 1. The summed E-state index contributed by atoms with van der Waals surface area (Å²) in [6.07, 6.45) is 0. The Hall–Kier alpha value is -2.26. The quantitative estimate of drug-likeness (QED) is 0.508. The molecule has 1 aromatic heterocycles. The van der Waals surface area contributed by atoms with Crippen molar-refractivity contribution in [3.63, 3.8) is 0 Å².